The van der Waals surface area contributed by atoms with Gasteiger partial charge in [-0.3, -0.25) is 9.69 Å². The van der Waals surface area contributed by atoms with E-state index in [-0.39, 0.29) is 12.0 Å². The lowest BCUT2D eigenvalue weighted by atomic mass is 9.84. The molecule has 2 unspecified atom stereocenters. The molecule has 0 amide bonds. The molecule has 0 spiro atoms. The van der Waals surface area contributed by atoms with Gasteiger partial charge in [0.2, 0.25) is 0 Å². The zero-order valence-electron chi connectivity index (χ0n) is 13.2. The normalized spacial score (nSPS) is 25.1. The number of carbonyl (C=O) groups excluding carboxylic acids is 1. The second kappa shape index (κ2) is 5.13. The molecule has 2 aliphatic heterocycles. The van der Waals surface area contributed by atoms with Crippen molar-refractivity contribution in [2.45, 2.75) is 32.2 Å². The highest BCUT2D eigenvalue weighted by atomic mass is 16.5. The Morgan fingerprint density at radius 2 is 2.27 bits per heavy atom. The number of carbonyl (C=O) groups is 1. The minimum Gasteiger partial charge on any atom is -0.496 e. The fraction of sp³-hybridized carbons (Fsp3) is 0.500. The Balaban J connectivity index is 1.81. The molecule has 2 aliphatic rings. The molecule has 1 fully saturated rings. The summed E-state index contributed by atoms with van der Waals surface area (Å²) in [6.07, 6.45) is 2.62. The van der Waals surface area contributed by atoms with Crippen LogP contribution in [-0.4, -0.2) is 35.9 Å². The fourth-order valence-electron chi connectivity index (χ4n) is 4.16. The molecule has 4 nitrogen and oxygen atoms in total. The molecule has 0 radical (unpaired) electrons. The van der Waals surface area contributed by atoms with Crippen molar-refractivity contribution < 1.29 is 9.53 Å². The summed E-state index contributed by atoms with van der Waals surface area (Å²) in [7, 11) is 1.72. The van der Waals surface area contributed by atoms with Crippen LogP contribution >= 0.6 is 0 Å². The van der Waals surface area contributed by atoms with Gasteiger partial charge in [-0.25, -0.2) is 0 Å². The lowest BCUT2D eigenvalue weighted by Crippen LogP contribution is -2.46. The minimum absolute atomic E-state index is 0.219. The number of aromatic amines is 1. The van der Waals surface area contributed by atoms with Crippen molar-refractivity contribution in [3.05, 3.63) is 29.5 Å². The second-order valence-electron chi connectivity index (χ2n) is 6.44. The summed E-state index contributed by atoms with van der Waals surface area (Å²) in [5, 5.41) is 1.20. The first-order valence-electron chi connectivity index (χ1n) is 8.17. The first-order valence-corrected chi connectivity index (χ1v) is 8.17. The maximum Gasteiger partial charge on any atom is 0.139 e. The zero-order valence-corrected chi connectivity index (χ0v) is 13.2. The molecule has 22 heavy (non-hydrogen) atoms. The number of Topliss-reactive ketones (excluding diaryl/α,β-unsaturated/α-hetero) is 1. The largest absolute Gasteiger partial charge is 0.496 e. The average Bonchev–Trinajstić information content (AvgIpc) is 2.93. The Morgan fingerprint density at radius 3 is 3.05 bits per heavy atom. The summed E-state index contributed by atoms with van der Waals surface area (Å²) in [5.41, 5.74) is 3.70. The molecule has 1 N–H and O–H groups in total. The number of nitrogens with zero attached hydrogens (tertiary/aromatic N) is 1. The van der Waals surface area contributed by atoms with E-state index in [1.54, 1.807) is 7.11 Å². The number of ketones is 1. The topological polar surface area (TPSA) is 45.3 Å². The molecule has 3 heterocycles. The fourth-order valence-corrected chi connectivity index (χ4v) is 4.16. The molecule has 4 heteroatoms. The van der Waals surface area contributed by atoms with E-state index in [0.717, 1.165) is 37.2 Å². The molecule has 116 valence electrons. The summed E-state index contributed by atoms with van der Waals surface area (Å²) in [6.45, 7) is 4.06. The lowest BCUT2D eigenvalue weighted by molar-refractivity contribution is -0.128. The molecular formula is C18H22N2O2. The highest BCUT2D eigenvalue weighted by Crippen LogP contribution is 2.42. The number of rotatable bonds is 2. The Bertz CT molecular complexity index is 734. The van der Waals surface area contributed by atoms with Gasteiger partial charge in [0.15, 0.2) is 0 Å². The number of hydrogen-bond acceptors (Lipinski definition) is 3. The second-order valence-corrected chi connectivity index (χ2v) is 6.44. The van der Waals surface area contributed by atoms with Crippen molar-refractivity contribution in [1.82, 2.24) is 9.88 Å². The number of fused-ring (bicyclic) bond motifs is 5. The summed E-state index contributed by atoms with van der Waals surface area (Å²) in [4.78, 5) is 18.4. The summed E-state index contributed by atoms with van der Waals surface area (Å²) >= 11 is 0. The first kappa shape index (κ1) is 13.8. The van der Waals surface area contributed by atoms with Crippen molar-refractivity contribution in [3.63, 3.8) is 0 Å². The summed E-state index contributed by atoms with van der Waals surface area (Å²) < 4.78 is 5.54. The van der Waals surface area contributed by atoms with E-state index in [1.807, 2.05) is 12.1 Å². The number of ether oxygens (including phenoxy) is 1. The first-order chi connectivity index (χ1) is 10.7. The van der Waals surface area contributed by atoms with Crippen LogP contribution < -0.4 is 4.74 Å². The van der Waals surface area contributed by atoms with Crippen LogP contribution in [0.3, 0.4) is 0 Å². The smallest absolute Gasteiger partial charge is 0.139 e. The Labute approximate surface area is 130 Å². The lowest BCUT2D eigenvalue weighted by Gasteiger charge is -2.41. The van der Waals surface area contributed by atoms with Gasteiger partial charge in [-0.1, -0.05) is 13.0 Å². The standard InChI is InChI=1S/C18H22N2O2/c1-3-11-10-20-8-7-12-17-13(5-4-6-16(17)22-2)19-18(12)14(20)9-15(11)21/h4-6,11,14,19H,3,7-10H2,1-2H3. The third-order valence-electron chi connectivity index (χ3n) is 5.36. The number of piperidine rings is 1. The van der Waals surface area contributed by atoms with Gasteiger partial charge >= 0.3 is 0 Å². The quantitative estimate of drug-likeness (QED) is 0.926. The van der Waals surface area contributed by atoms with E-state index < -0.39 is 0 Å². The zero-order chi connectivity index (χ0) is 15.3. The van der Waals surface area contributed by atoms with Gasteiger partial charge in [0, 0.05) is 42.0 Å². The van der Waals surface area contributed by atoms with E-state index in [0.29, 0.717) is 12.2 Å². The van der Waals surface area contributed by atoms with Crippen LogP contribution in [0.25, 0.3) is 10.9 Å². The third kappa shape index (κ3) is 1.90. The van der Waals surface area contributed by atoms with Crippen molar-refractivity contribution in [2.24, 2.45) is 5.92 Å². The molecule has 2 aromatic rings. The summed E-state index contributed by atoms with van der Waals surface area (Å²) in [5.74, 6) is 1.57. The molecule has 2 atom stereocenters. The van der Waals surface area contributed by atoms with Crippen LogP contribution in [0, 0.1) is 5.92 Å². The van der Waals surface area contributed by atoms with Crippen molar-refractivity contribution in [3.8, 4) is 5.75 Å². The predicted octanol–water partition coefficient (Wildman–Crippen LogP) is 3.07. The van der Waals surface area contributed by atoms with Crippen LogP contribution in [0.4, 0.5) is 0 Å². The number of aromatic nitrogens is 1. The molecule has 1 saturated heterocycles. The van der Waals surface area contributed by atoms with E-state index in [4.69, 9.17) is 4.74 Å². The van der Waals surface area contributed by atoms with Crippen molar-refractivity contribution in [1.29, 1.82) is 0 Å². The SMILES string of the molecule is CCC1CN2CCc3c([nH]c4cccc(OC)c34)C2CC1=O. The van der Waals surface area contributed by atoms with Crippen molar-refractivity contribution >= 4 is 16.7 Å². The van der Waals surface area contributed by atoms with Crippen molar-refractivity contribution in [2.75, 3.05) is 20.2 Å². The maximum absolute atomic E-state index is 12.4. The Hall–Kier alpha value is -1.81. The van der Waals surface area contributed by atoms with E-state index >= 15 is 0 Å². The minimum atomic E-state index is 0.219. The van der Waals surface area contributed by atoms with Gasteiger partial charge in [-0.05, 0) is 30.5 Å². The number of H-pyrrole nitrogens is 1. The van der Waals surface area contributed by atoms with Crippen LogP contribution in [0.2, 0.25) is 0 Å². The summed E-state index contributed by atoms with van der Waals surface area (Å²) in [6, 6.07) is 6.35. The monoisotopic (exact) mass is 298 g/mol. The predicted molar refractivity (Wildman–Crippen MR) is 86.3 cm³/mol. The molecule has 1 aromatic heterocycles. The van der Waals surface area contributed by atoms with E-state index in [1.165, 1.54) is 16.6 Å². The van der Waals surface area contributed by atoms with Gasteiger partial charge in [0.05, 0.1) is 13.2 Å². The molecule has 1 aromatic carbocycles. The van der Waals surface area contributed by atoms with Gasteiger partial charge < -0.3 is 9.72 Å². The third-order valence-corrected chi connectivity index (χ3v) is 5.36. The average molecular weight is 298 g/mol. The highest BCUT2D eigenvalue weighted by molar-refractivity contribution is 5.91. The molecule has 0 aliphatic carbocycles. The highest BCUT2D eigenvalue weighted by Gasteiger charge is 2.38. The number of hydrogen-bond donors (Lipinski definition) is 1. The van der Waals surface area contributed by atoms with E-state index in [2.05, 4.69) is 22.9 Å². The maximum atomic E-state index is 12.4. The van der Waals surface area contributed by atoms with Gasteiger partial charge in [-0.15, -0.1) is 0 Å². The number of nitrogens with one attached hydrogen (secondary N) is 1. The van der Waals surface area contributed by atoms with Crippen LogP contribution in [0.5, 0.6) is 5.75 Å². The van der Waals surface area contributed by atoms with Crippen LogP contribution in [0.15, 0.2) is 18.2 Å². The van der Waals surface area contributed by atoms with Gasteiger partial charge in [0.1, 0.15) is 11.5 Å². The van der Waals surface area contributed by atoms with E-state index in [9.17, 15) is 4.79 Å². The molecular weight excluding hydrogens is 276 g/mol. The number of benzene rings is 1. The molecule has 0 saturated carbocycles. The van der Waals surface area contributed by atoms with Gasteiger partial charge in [-0.2, -0.15) is 0 Å². The van der Waals surface area contributed by atoms with Crippen LogP contribution in [-0.2, 0) is 11.2 Å². The van der Waals surface area contributed by atoms with Crippen LogP contribution in [0.1, 0.15) is 37.1 Å². The number of methoxy groups -OCH3 is 1. The molecule has 0 bridgehead atoms. The van der Waals surface area contributed by atoms with Gasteiger partial charge in [0.25, 0.3) is 0 Å². The Morgan fingerprint density at radius 1 is 1.41 bits per heavy atom. The molecule has 4 rings (SSSR count). The Kier molecular flexibility index (Phi) is 3.22.